The first-order valence-electron chi connectivity index (χ1n) is 9.02. The maximum Gasteiger partial charge on any atom is 0.269 e. The number of carbonyl (C=O) groups excluding carboxylic acids is 2. The van der Waals surface area contributed by atoms with E-state index in [1.54, 1.807) is 11.8 Å². The number of carbonyl (C=O) groups is 2. The Morgan fingerprint density at radius 2 is 1.93 bits per heavy atom. The number of amides is 2. The van der Waals surface area contributed by atoms with Crippen molar-refractivity contribution in [1.29, 1.82) is 0 Å². The standard InChI is InChI=1S/C20H21N3O5/c1-3-28-18-6-4-5-17(13-18)22-12-11-21(14(2)19(22)24)20(25)15-7-9-16(10-8-15)23(26)27/h4-10,13-14H,3,11-12H2,1-2H3. The Balaban J connectivity index is 1.76. The molecule has 1 unspecified atom stereocenters. The van der Waals surface area contributed by atoms with Crippen LogP contribution in [-0.4, -0.2) is 47.4 Å². The second-order valence-corrected chi connectivity index (χ2v) is 6.40. The minimum atomic E-state index is -0.646. The molecule has 28 heavy (non-hydrogen) atoms. The van der Waals surface area contributed by atoms with E-state index in [1.165, 1.54) is 29.2 Å². The number of nitrogens with zero attached hydrogens (tertiary/aromatic N) is 3. The van der Waals surface area contributed by atoms with Crippen LogP contribution >= 0.6 is 0 Å². The Hall–Kier alpha value is -3.42. The molecular weight excluding hydrogens is 362 g/mol. The van der Waals surface area contributed by atoms with E-state index in [0.29, 0.717) is 31.0 Å². The van der Waals surface area contributed by atoms with Gasteiger partial charge in [-0.15, -0.1) is 0 Å². The number of benzene rings is 2. The topological polar surface area (TPSA) is 93.0 Å². The van der Waals surface area contributed by atoms with Gasteiger partial charge in [-0.1, -0.05) is 6.07 Å². The first-order chi connectivity index (χ1) is 13.4. The number of nitro benzene ring substituents is 1. The summed E-state index contributed by atoms with van der Waals surface area (Å²) < 4.78 is 5.49. The highest BCUT2D eigenvalue weighted by Gasteiger charge is 2.35. The van der Waals surface area contributed by atoms with Crippen molar-refractivity contribution < 1.29 is 19.2 Å². The molecule has 2 aromatic rings. The van der Waals surface area contributed by atoms with Crippen LogP contribution in [0, 0.1) is 10.1 Å². The van der Waals surface area contributed by atoms with Crippen molar-refractivity contribution in [1.82, 2.24) is 4.90 Å². The van der Waals surface area contributed by atoms with E-state index in [0.717, 1.165) is 5.69 Å². The molecule has 8 nitrogen and oxygen atoms in total. The van der Waals surface area contributed by atoms with E-state index in [2.05, 4.69) is 0 Å². The maximum absolute atomic E-state index is 12.9. The van der Waals surface area contributed by atoms with Gasteiger partial charge in [-0.3, -0.25) is 19.7 Å². The molecule has 1 aliphatic rings. The van der Waals surface area contributed by atoms with Crippen molar-refractivity contribution in [2.45, 2.75) is 19.9 Å². The Morgan fingerprint density at radius 1 is 1.21 bits per heavy atom. The number of hydrogen-bond donors (Lipinski definition) is 0. The minimum Gasteiger partial charge on any atom is -0.494 e. The summed E-state index contributed by atoms with van der Waals surface area (Å²) in [7, 11) is 0. The van der Waals surface area contributed by atoms with Gasteiger partial charge in [0, 0.05) is 42.5 Å². The summed E-state index contributed by atoms with van der Waals surface area (Å²) in [6.45, 7) is 4.83. The third-order valence-corrected chi connectivity index (χ3v) is 4.68. The summed E-state index contributed by atoms with van der Waals surface area (Å²) in [5, 5.41) is 10.8. The highest BCUT2D eigenvalue weighted by molar-refractivity contribution is 6.03. The van der Waals surface area contributed by atoms with Crippen LogP contribution in [0.4, 0.5) is 11.4 Å². The predicted molar refractivity (Wildman–Crippen MR) is 104 cm³/mol. The number of non-ortho nitro benzene ring substituents is 1. The molecule has 1 aliphatic heterocycles. The molecule has 1 fully saturated rings. The molecule has 0 saturated carbocycles. The summed E-state index contributed by atoms with van der Waals surface area (Å²) in [6.07, 6.45) is 0. The Kier molecular flexibility index (Phi) is 5.58. The van der Waals surface area contributed by atoms with Crippen molar-refractivity contribution in [2.75, 3.05) is 24.6 Å². The average Bonchev–Trinajstić information content (AvgIpc) is 2.70. The molecule has 3 rings (SSSR count). The summed E-state index contributed by atoms with van der Waals surface area (Å²) in [5.74, 6) is 0.179. The zero-order valence-electron chi connectivity index (χ0n) is 15.7. The monoisotopic (exact) mass is 383 g/mol. The predicted octanol–water partition coefficient (Wildman–Crippen LogP) is 2.87. The Labute approximate surface area is 162 Å². The van der Waals surface area contributed by atoms with Crippen LogP contribution < -0.4 is 9.64 Å². The molecule has 0 spiro atoms. The van der Waals surface area contributed by atoms with Gasteiger partial charge in [0.2, 0.25) is 5.91 Å². The van der Waals surface area contributed by atoms with Gasteiger partial charge in [0.15, 0.2) is 0 Å². The SMILES string of the molecule is CCOc1cccc(N2CCN(C(=O)c3ccc([N+](=O)[O-])cc3)C(C)C2=O)c1. The van der Waals surface area contributed by atoms with E-state index < -0.39 is 11.0 Å². The van der Waals surface area contributed by atoms with E-state index in [-0.39, 0.29) is 17.5 Å². The fraction of sp³-hybridized carbons (Fsp3) is 0.300. The zero-order valence-corrected chi connectivity index (χ0v) is 15.7. The van der Waals surface area contributed by atoms with Crippen molar-refractivity contribution in [3.8, 4) is 5.75 Å². The number of piperazine rings is 1. The lowest BCUT2D eigenvalue weighted by Crippen LogP contribution is -2.57. The van der Waals surface area contributed by atoms with Gasteiger partial charge in [0.25, 0.3) is 11.6 Å². The molecule has 1 saturated heterocycles. The van der Waals surface area contributed by atoms with Crippen molar-refractivity contribution in [3.05, 3.63) is 64.2 Å². The molecule has 0 N–H and O–H groups in total. The molecule has 8 heteroatoms. The number of hydrogen-bond acceptors (Lipinski definition) is 5. The second-order valence-electron chi connectivity index (χ2n) is 6.40. The second kappa shape index (κ2) is 8.08. The van der Waals surface area contributed by atoms with Crippen LogP contribution in [-0.2, 0) is 4.79 Å². The zero-order chi connectivity index (χ0) is 20.3. The maximum atomic E-state index is 12.9. The van der Waals surface area contributed by atoms with E-state index >= 15 is 0 Å². The van der Waals surface area contributed by atoms with Crippen LogP contribution in [0.15, 0.2) is 48.5 Å². The summed E-state index contributed by atoms with van der Waals surface area (Å²) in [6, 6.07) is 12.0. The smallest absolute Gasteiger partial charge is 0.269 e. The molecule has 0 bridgehead atoms. The average molecular weight is 383 g/mol. The molecule has 0 aromatic heterocycles. The Bertz CT molecular complexity index is 897. The first kappa shape index (κ1) is 19.3. The van der Waals surface area contributed by atoms with E-state index in [1.807, 2.05) is 31.2 Å². The lowest BCUT2D eigenvalue weighted by molar-refractivity contribution is -0.384. The quantitative estimate of drug-likeness (QED) is 0.585. The van der Waals surface area contributed by atoms with Gasteiger partial charge in [-0.05, 0) is 38.1 Å². The van der Waals surface area contributed by atoms with Gasteiger partial charge in [0.1, 0.15) is 11.8 Å². The summed E-state index contributed by atoms with van der Waals surface area (Å²) in [5.41, 5.74) is 0.960. The first-order valence-corrected chi connectivity index (χ1v) is 9.02. The summed E-state index contributed by atoms with van der Waals surface area (Å²) >= 11 is 0. The van der Waals surface area contributed by atoms with Gasteiger partial charge in [0.05, 0.1) is 11.5 Å². The summed E-state index contributed by atoms with van der Waals surface area (Å²) in [4.78, 5) is 39.1. The number of ether oxygens (including phenoxy) is 1. The van der Waals surface area contributed by atoms with Crippen molar-refractivity contribution >= 4 is 23.2 Å². The number of rotatable bonds is 5. The van der Waals surface area contributed by atoms with Crippen LogP contribution in [0.1, 0.15) is 24.2 Å². The van der Waals surface area contributed by atoms with Gasteiger partial charge in [-0.2, -0.15) is 0 Å². The highest BCUT2D eigenvalue weighted by atomic mass is 16.6. The van der Waals surface area contributed by atoms with Crippen LogP contribution in [0.2, 0.25) is 0 Å². The number of nitro groups is 1. The molecule has 2 amide bonds. The third-order valence-electron chi connectivity index (χ3n) is 4.68. The van der Waals surface area contributed by atoms with Gasteiger partial charge in [-0.25, -0.2) is 0 Å². The fourth-order valence-corrected chi connectivity index (χ4v) is 3.20. The van der Waals surface area contributed by atoms with Crippen LogP contribution in [0.5, 0.6) is 5.75 Å². The van der Waals surface area contributed by atoms with Crippen molar-refractivity contribution in [2.24, 2.45) is 0 Å². The fourth-order valence-electron chi connectivity index (χ4n) is 3.20. The minimum absolute atomic E-state index is 0.0836. The van der Waals surface area contributed by atoms with Crippen LogP contribution in [0.3, 0.4) is 0 Å². The molecule has 2 aromatic carbocycles. The van der Waals surface area contributed by atoms with Crippen LogP contribution in [0.25, 0.3) is 0 Å². The van der Waals surface area contributed by atoms with Gasteiger partial charge >= 0.3 is 0 Å². The van der Waals surface area contributed by atoms with E-state index in [9.17, 15) is 19.7 Å². The highest BCUT2D eigenvalue weighted by Crippen LogP contribution is 2.25. The molecule has 1 atom stereocenters. The molecule has 1 heterocycles. The Morgan fingerprint density at radius 3 is 2.57 bits per heavy atom. The molecule has 0 radical (unpaired) electrons. The van der Waals surface area contributed by atoms with Crippen molar-refractivity contribution in [3.63, 3.8) is 0 Å². The third kappa shape index (κ3) is 3.80. The molecule has 0 aliphatic carbocycles. The molecular formula is C20H21N3O5. The van der Waals surface area contributed by atoms with Gasteiger partial charge < -0.3 is 14.5 Å². The lowest BCUT2D eigenvalue weighted by atomic mass is 10.1. The normalized spacial score (nSPS) is 16.8. The lowest BCUT2D eigenvalue weighted by Gasteiger charge is -2.39. The largest absolute Gasteiger partial charge is 0.494 e. The molecule has 146 valence electrons. The number of anilines is 1. The van der Waals surface area contributed by atoms with E-state index in [4.69, 9.17) is 4.74 Å².